The van der Waals surface area contributed by atoms with Crippen molar-refractivity contribution in [1.82, 2.24) is 14.5 Å². The average Bonchev–Trinajstić information content (AvgIpc) is 3.16. The number of rotatable bonds is 2. The van der Waals surface area contributed by atoms with Gasteiger partial charge in [-0.05, 0) is 36.0 Å². The van der Waals surface area contributed by atoms with Crippen LogP contribution in [0.1, 0.15) is 30.6 Å². The lowest BCUT2D eigenvalue weighted by atomic mass is 9.48. The van der Waals surface area contributed by atoms with E-state index in [1.165, 1.54) is 7.11 Å². The Morgan fingerprint density at radius 1 is 1.33 bits per heavy atom. The maximum absolute atomic E-state index is 13.1. The van der Waals surface area contributed by atoms with Crippen LogP contribution >= 0.6 is 0 Å². The van der Waals surface area contributed by atoms with Gasteiger partial charge in [-0.1, -0.05) is 13.8 Å². The number of carbonyl (C=O) groups is 2. The minimum absolute atomic E-state index is 0.0467. The molecule has 1 amide bonds. The van der Waals surface area contributed by atoms with Gasteiger partial charge >= 0.3 is 5.97 Å². The van der Waals surface area contributed by atoms with Crippen LogP contribution in [0.2, 0.25) is 0 Å². The van der Waals surface area contributed by atoms with Crippen LogP contribution in [-0.4, -0.2) is 46.6 Å². The topological polar surface area (TPSA) is 63.9 Å². The molecule has 2 atom stereocenters. The average molecular weight is 327 g/mol. The Kier molecular flexibility index (Phi) is 3.04. The third-order valence-corrected chi connectivity index (χ3v) is 5.80. The quantitative estimate of drug-likeness (QED) is 0.792. The number of ether oxygens (including phenoxy) is 1. The molecule has 1 aliphatic heterocycles. The smallest absolute Gasteiger partial charge is 0.314 e. The Bertz CT molecular complexity index is 841. The minimum atomic E-state index is -0.542. The number of carbonyl (C=O) groups excluding carboxylic acids is 2. The zero-order valence-corrected chi connectivity index (χ0v) is 14.2. The van der Waals surface area contributed by atoms with Gasteiger partial charge in [-0.15, -0.1) is 0 Å². The maximum atomic E-state index is 13.1. The summed E-state index contributed by atoms with van der Waals surface area (Å²) < 4.78 is 6.75. The summed E-state index contributed by atoms with van der Waals surface area (Å²) in [4.78, 5) is 27.3. The highest BCUT2D eigenvalue weighted by Crippen LogP contribution is 2.63. The predicted molar refractivity (Wildman–Crippen MR) is 87.4 cm³/mol. The molecule has 4 rings (SSSR count). The standard InChI is InChI=1S/C18H21N3O3/c1-17(2)10-18(16(23)24-3)11-20(9-14(17)18)15(22)12-5-4-8-21-13(12)6-7-19-21/h4-8,14H,9-11H2,1-3H3/t14-,18+/m1/s1. The van der Waals surface area contributed by atoms with Crippen molar-refractivity contribution in [2.45, 2.75) is 20.3 Å². The Morgan fingerprint density at radius 2 is 2.12 bits per heavy atom. The van der Waals surface area contributed by atoms with E-state index in [2.05, 4.69) is 18.9 Å². The number of fused-ring (bicyclic) bond motifs is 2. The molecule has 0 aromatic carbocycles. The van der Waals surface area contributed by atoms with Crippen molar-refractivity contribution in [3.05, 3.63) is 36.2 Å². The molecule has 0 N–H and O–H groups in total. The third kappa shape index (κ3) is 1.85. The van der Waals surface area contributed by atoms with Gasteiger partial charge in [0.25, 0.3) is 5.91 Å². The molecule has 0 spiro atoms. The van der Waals surface area contributed by atoms with Gasteiger partial charge < -0.3 is 9.64 Å². The molecule has 0 radical (unpaired) electrons. The molecule has 1 saturated heterocycles. The van der Waals surface area contributed by atoms with E-state index in [1.807, 2.05) is 24.4 Å². The molecule has 2 aromatic heterocycles. The SMILES string of the molecule is COC(=O)[C@@]12CN(C(=O)c3cccn4nccc34)C[C@@H]1C(C)(C)C2. The van der Waals surface area contributed by atoms with E-state index >= 15 is 0 Å². The molecular formula is C18H21N3O3. The second-order valence-corrected chi connectivity index (χ2v) is 7.63. The van der Waals surface area contributed by atoms with E-state index in [0.717, 1.165) is 11.9 Å². The van der Waals surface area contributed by atoms with Crippen molar-refractivity contribution in [3.8, 4) is 0 Å². The minimum Gasteiger partial charge on any atom is -0.469 e. The fourth-order valence-electron chi connectivity index (χ4n) is 4.83. The number of likely N-dealkylation sites (tertiary alicyclic amines) is 1. The van der Waals surface area contributed by atoms with Crippen molar-refractivity contribution in [1.29, 1.82) is 0 Å². The first-order valence-electron chi connectivity index (χ1n) is 8.19. The van der Waals surface area contributed by atoms with Crippen LogP contribution in [0.3, 0.4) is 0 Å². The molecule has 126 valence electrons. The van der Waals surface area contributed by atoms with Crippen molar-refractivity contribution in [2.24, 2.45) is 16.7 Å². The number of amides is 1. The molecule has 6 heteroatoms. The monoisotopic (exact) mass is 327 g/mol. The Balaban J connectivity index is 1.68. The molecule has 1 aliphatic carbocycles. The first kappa shape index (κ1) is 15.2. The molecule has 3 heterocycles. The lowest BCUT2D eigenvalue weighted by Crippen LogP contribution is -2.57. The second-order valence-electron chi connectivity index (χ2n) is 7.63. The number of hydrogen-bond acceptors (Lipinski definition) is 4. The zero-order chi connectivity index (χ0) is 17.1. The summed E-state index contributed by atoms with van der Waals surface area (Å²) in [5.41, 5.74) is 0.910. The van der Waals surface area contributed by atoms with Gasteiger partial charge in [-0.2, -0.15) is 5.10 Å². The maximum Gasteiger partial charge on any atom is 0.314 e. The van der Waals surface area contributed by atoms with Gasteiger partial charge in [0.05, 0.1) is 29.8 Å². The third-order valence-electron chi connectivity index (χ3n) is 5.80. The first-order valence-corrected chi connectivity index (χ1v) is 8.19. The van der Waals surface area contributed by atoms with Crippen LogP contribution in [0.5, 0.6) is 0 Å². The predicted octanol–water partition coefficient (Wildman–Crippen LogP) is 2.00. The number of nitrogens with zero attached hydrogens (tertiary/aromatic N) is 3. The largest absolute Gasteiger partial charge is 0.469 e. The van der Waals surface area contributed by atoms with Gasteiger partial charge in [0.2, 0.25) is 0 Å². The molecule has 2 fully saturated rings. The van der Waals surface area contributed by atoms with Gasteiger partial charge in [0, 0.05) is 19.3 Å². The van der Waals surface area contributed by atoms with Crippen LogP contribution in [0.4, 0.5) is 0 Å². The Hall–Kier alpha value is -2.37. The van der Waals surface area contributed by atoms with Crippen LogP contribution < -0.4 is 0 Å². The van der Waals surface area contributed by atoms with Crippen LogP contribution in [0, 0.1) is 16.7 Å². The van der Waals surface area contributed by atoms with Crippen LogP contribution in [0.25, 0.3) is 5.52 Å². The Labute approximate surface area is 140 Å². The van der Waals surface area contributed by atoms with E-state index in [-0.39, 0.29) is 23.2 Å². The van der Waals surface area contributed by atoms with Crippen molar-refractivity contribution in [3.63, 3.8) is 0 Å². The highest BCUT2D eigenvalue weighted by molar-refractivity contribution is 6.01. The summed E-state index contributed by atoms with van der Waals surface area (Å²) in [5.74, 6) is -0.0923. The molecule has 2 aliphatic rings. The van der Waals surface area contributed by atoms with E-state index < -0.39 is 5.41 Å². The molecule has 0 bridgehead atoms. The van der Waals surface area contributed by atoms with Crippen molar-refractivity contribution in [2.75, 3.05) is 20.2 Å². The number of aromatic nitrogens is 2. The normalized spacial score (nSPS) is 27.6. The number of hydrogen-bond donors (Lipinski definition) is 0. The first-order chi connectivity index (χ1) is 11.4. The van der Waals surface area contributed by atoms with E-state index in [0.29, 0.717) is 18.7 Å². The summed E-state index contributed by atoms with van der Waals surface area (Å²) in [6.45, 7) is 5.34. The summed E-state index contributed by atoms with van der Waals surface area (Å²) >= 11 is 0. The van der Waals surface area contributed by atoms with Crippen molar-refractivity contribution >= 4 is 17.4 Å². The van der Waals surface area contributed by atoms with Gasteiger partial charge in [0.1, 0.15) is 0 Å². The molecule has 1 saturated carbocycles. The second kappa shape index (κ2) is 4.82. The highest BCUT2D eigenvalue weighted by atomic mass is 16.5. The molecule has 2 aromatic rings. The van der Waals surface area contributed by atoms with Crippen molar-refractivity contribution < 1.29 is 14.3 Å². The lowest BCUT2D eigenvalue weighted by Gasteiger charge is -2.54. The summed E-state index contributed by atoms with van der Waals surface area (Å²) in [5, 5.41) is 4.18. The summed E-state index contributed by atoms with van der Waals surface area (Å²) in [6, 6.07) is 5.46. The lowest BCUT2D eigenvalue weighted by molar-refractivity contribution is -0.174. The van der Waals surface area contributed by atoms with Gasteiger partial charge in [-0.3, -0.25) is 9.59 Å². The summed E-state index contributed by atoms with van der Waals surface area (Å²) in [6.07, 6.45) is 4.26. The fraction of sp³-hybridized carbons (Fsp3) is 0.500. The summed E-state index contributed by atoms with van der Waals surface area (Å²) in [7, 11) is 1.43. The van der Waals surface area contributed by atoms with E-state index in [4.69, 9.17) is 4.74 Å². The zero-order valence-electron chi connectivity index (χ0n) is 14.2. The fourth-order valence-corrected chi connectivity index (χ4v) is 4.83. The van der Waals surface area contributed by atoms with Gasteiger partial charge in [-0.25, -0.2) is 4.52 Å². The van der Waals surface area contributed by atoms with E-state index in [9.17, 15) is 9.59 Å². The molecular weight excluding hydrogens is 306 g/mol. The van der Waals surface area contributed by atoms with E-state index in [1.54, 1.807) is 15.6 Å². The van der Waals surface area contributed by atoms with Crippen LogP contribution in [0.15, 0.2) is 30.6 Å². The van der Waals surface area contributed by atoms with Gasteiger partial charge in [0.15, 0.2) is 0 Å². The Morgan fingerprint density at radius 3 is 2.83 bits per heavy atom. The highest BCUT2D eigenvalue weighted by Gasteiger charge is 2.68. The number of methoxy groups -OCH3 is 1. The number of pyridine rings is 1. The molecule has 24 heavy (non-hydrogen) atoms. The molecule has 0 unspecified atom stereocenters. The number of esters is 1. The molecule has 6 nitrogen and oxygen atoms in total. The van der Waals surface area contributed by atoms with Crippen LogP contribution in [-0.2, 0) is 9.53 Å².